The number of aliphatic imine (C=N–C) groups is 1. The van der Waals surface area contributed by atoms with Crippen LogP contribution >= 0.6 is 0 Å². The zero-order chi connectivity index (χ0) is 6.27. The molecule has 0 aromatic carbocycles. The van der Waals surface area contributed by atoms with Gasteiger partial charge in [0.05, 0.1) is 6.04 Å². The minimum absolute atomic E-state index is 0.449. The topological polar surface area (TPSA) is 21.6 Å². The molecule has 1 fully saturated rings. The summed E-state index contributed by atoms with van der Waals surface area (Å²) < 4.78 is 5.44. The smallest absolute Gasteiger partial charge is 0.180 e. The van der Waals surface area contributed by atoms with E-state index in [1.165, 1.54) is 19.3 Å². The second-order valence-electron chi connectivity index (χ2n) is 2.80. The van der Waals surface area contributed by atoms with E-state index in [0.29, 0.717) is 12.1 Å². The molecule has 0 bridgehead atoms. The zero-order valence-electron chi connectivity index (χ0n) is 5.63. The van der Waals surface area contributed by atoms with Crippen LogP contribution in [0.2, 0.25) is 0 Å². The number of hydrogen-bond acceptors (Lipinski definition) is 2. The summed E-state index contributed by atoms with van der Waals surface area (Å²) in [4.78, 5) is 4.34. The van der Waals surface area contributed by atoms with E-state index in [2.05, 4.69) is 4.99 Å². The van der Waals surface area contributed by atoms with Crippen molar-refractivity contribution >= 4 is 5.90 Å². The molecule has 0 spiro atoms. The Hall–Kier alpha value is -0.530. The Balaban J connectivity index is 2.13. The molecular formula is C7H11NO. The summed E-state index contributed by atoms with van der Waals surface area (Å²) in [6, 6.07) is 0.519. The van der Waals surface area contributed by atoms with Gasteiger partial charge in [-0.3, -0.25) is 0 Å². The minimum atomic E-state index is 0.449. The van der Waals surface area contributed by atoms with Crippen molar-refractivity contribution in [3.63, 3.8) is 0 Å². The monoisotopic (exact) mass is 125 g/mol. The third kappa shape index (κ3) is 0.732. The predicted octanol–water partition coefficient (Wildman–Crippen LogP) is 1.36. The fourth-order valence-electron chi connectivity index (χ4n) is 1.67. The molecule has 0 amide bonds. The molecule has 9 heavy (non-hydrogen) atoms. The molecule has 0 unspecified atom stereocenters. The molecule has 1 aliphatic heterocycles. The van der Waals surface area contributed by atoms with Crippen molar-refractivity contribution in [2.24, 2.45) is 4.99 Å². The normalized spacial score (nSPS) is 39.9. The average Bonchev–Trinajstić information content (AvgIpc) is 2.22. The van der Waals surface area contributed by atoms with Crippen molar-refractivity contribution in [1.82, 2.24) is 0 Å². The highest BCUT2D eigenvalue weighted by atomic mass is 16.5. The molecule has 0 N–H and O–H groups in total. The molecule has 0 saturated heterocycles. The van der Waals surface area contributed by atoms with E-state index < -0.39 is 0 Å². The summed E-state index contributed by atoms with van der Waals surface area (Å²) >= 11 is 0. The third-order valence-corrected chi connectivity index (χ3v) is 2.09. The fourth-order valence-corrected chi connectivity index (χ4v) is 1.67. The van der Waals surface area contributed by atoms with Gasteiger partial charge in [-0.1, -0.05) is 0 Å². The van der Waals surface area contributed by atoms with Crippen molar-refractivity contribution < 1.29 is 4.74 Å². The summed E-state index contributed by atoms with van der Waals surface area (Å²) in [7, 11) is 0. The summed E-state index contributed by atoms with van der Waals surface area (Å²) in [6.45, 7) is 1.94. The van der Waals surface area contributed by atoms with Crippen LogP contribution in [0.15, 0.2) is 4.99 Å². The Morgan fingerprint density at radius 2 is 2.44 bits per heavy atom. The van der Waals surface area contributed by atoms with E-state index in [4.69, 9.17) is 4.74 Å². The molecule has 0 radical (unpaired) electrons. The van der Waals surface area contributed by atoms with Crippen molar-refractivity contribution in [2.45, 2.75) is 38.3 Å². The first-order valence-corrected chi connectivity index (χ1v) is 3.57. The average molecular weight is 125 g/mol. The zero-order valence-corrected chi connectivity index (χ0v) is 5.63. The molecule has 0 aromatic rings. The highest BCUT2D eigenvalue weighted by Gasteiger charge is 2.33. The predicted molar refractivity (Wildman–Crippen MR) is 35.6 cm³/mol. The van der Waals surface area contributed by atoms with Crippen molar-refractivity contribution in [3.05, 3.63) is 0 Å². The van der Waals surface area contributed by atoms with Crippen LogP contribution in [-0.4, -0.2) is 18.0 Å². The molecular weight excluding hydrogens is 114 g/mol. The van der Waals surface area contributed by atoms with E-state index in [9.17, 15) is 0 Å². The van der Waals surface area contributed by atoms with Gasteiger partial charge >= 0.3 is 0 Å². The summed E-state index contributed by atoms with van der Waals surface area (Å²) in [5.74, 6) is 0.893. The second-order valence-corrected chi connectivity index (χ2v) is 2.80. The lowest BCUT2D eigenvalue weighted by atomic mass is 10.2. The van der Waals surface area contributed by atoms with Crippen molar-refractivity contribution in [2.75, 3.05) is 0 Å². The molecule has 2 rings (SSSR count). The van der Waals surface area contributed by atoms with Crippen LogP contribution in [0.3, 0.4) is 0 Å². The molecule has 1 aliphatic carbocycles. The Morgan fingerprint density at radius 3 is 3.22 bits per heavy atom. The van der Waals surface area contributed by atoms with Crippen molar-refractivity contribution in [1.29, 1.82) is 0 Å². The molecule has 2 aliphatic rings. The molecule has 1 heterocycles. The summed E-state index contributed by atoms with van der Waals surface area (Å²) in [6.07, 6.45) is 4.20. The molecule has 2 heteroatoms. The van der Waals surface area contributed by atoms with E-state index in [1.807, 2.05) is 6.92 Å². The lowest BCUT2D eigenvalue weighted by Gasteiger charge is -2.05. The van der Waals surface area contributed by atoms with Crippen LogP contribution in [0.25, 0.3) is 0 Å². The third-order valence-electron chi connectivity index (χ3n) is 2.09. The van der Waals surface area contributed by atoms with Gasteiger partial charge in [0.25, 0.3) is 0 Å². The quantitative estimate of drug-likeness (QED) is 0.479. The van der Waals surface area contributed by atoms with Crippen LogP contribution in [0.5, 0.6) is 0 Å². The van der Waals surface area contributed by atoms with Crippen molar-refractivity contribution in [3.8, 4) is 0 Å². The van der Waals surface area contributed by atoms with E-state index in [0.717, 1.165) is 5.90 Å². The number of ether oxygens (including phenoxy) is 1. The largest absolute Gasteiger partial charge is 0.476 e. The number of fused-ring (bicyclic) bond motifs is 1. The highest BCUT2D eigenvalue weighted by Crippen LogP contribution is 2.29. The molecule has 50 valence electrons. The van der Waals surface area contributed by atoms with Gasteiger partial charge in [-0.2, -0.15) is 0 Å². The van der Waals surface area contributed by atoms with Gasteiger partial charge in [0.1, 0.15) is 6.10 Å². The lowest BCUT2D eigenvalue weighted by Crippen LogP contribution is -2.13. The van der Waals surface area contributed by atoms with Crippen LogP contribution in [-0.2, 0) is 4.74 Å². The standard InChI is InChI=1S/C7H11NO/c1-5-8-6-3-2-4-7(6)9-5/h6-7H,2-4H2,1H3/t6-,7-/m0/s1. The molecule has 2 atom stereocenters. The number of hydrogen-bond donors (Lipinski definition) is 0. The Bertz CT molecular complexity index is 153. The van der Waals surface area contributed by atoms with Gasteiger partial charge in [-0.05, 0) is 19.3 Å². The summed E-state index contributed by atoms with van der Waals surface area (Å²) in [5, 5.41) is 0. The minimum Gasteiger partial charge on any atom is -0.476 e. The Labute approximate surface area is 54.9 Å². The Morgan fingerprint density at radius 1 is 1.56 bits per heavy atom. The van der Waals surface area contributed by atoms with Gasteiger partial charge in [-0.25, -0.2) is 4.99 Å². The maximum atomic E-state index is 5.44. The maximum absolute atomic E-state index is 5.44. The van der Waals surface area contributed by atoms with Gasteiger partial charge in [0.15, 0.2) is 5.90 Å². The molecule has 1 saturated carbocycles. The number of rotatable bonds is 0. The van der Waals surface area contributed by atoms with Gasteiger partial charge < -0.3 is 4.74 Å². The van der Waals surface area contributed by atoms with E-state index >= 15 is 0 Å². The van der Waals surface area contributed by atoms with Crippen LogP contribution in [0.1, 0.15) is 26.2 Å². The maximum Gasteiger partial charge on any atom is 0.180 e. The van der Waals surface area contributed by atoms with Crippen LogP contribution in [0.4, 0.5) is 0 Å². The molecule has 0 aromatic heterocycles. The SMILES string of the molecule is CC1=N[C@H]2CCC[C@@H]2O1. The first-order valence-electron chi connectivity index (χ1n) is 3.57. The molecule has 2 nitrogen and oxygen atoms in total. The van der Waals surface area contributed by atoms with E-state index in [-0.39, 0.29) is 0 Å². The van der Waals surface area contributed by atoms with Gasteiger partial charge in [0, 0.05) is 6.92 Å². The van der Waals surface area contributed by atoms with Crippen LogP contribution < -0.4 is 0 Å². The van der Waals surface area contributed by atoms with Gasteiger partial charge in [0.2, 0.25) is 0 Å². The fraction of sp³-hybridized carbons (Fsp3) is 0.857. The van der Waals surface area contributed by atoms with E-state index in [1.54, 1.807) is 0 Å². The lowest BCUT2D eigenvalue weighted by molar-refractivity contribution is 0.209. The number of nitrogens with zero attached hydrogens (tertiary/aromatic N) is 1. The van der Waals surface area contributed by atoms with Gasteiger partial charge in [-0.15, -0.1) is 0 Å². The first kappa shape index (κ1) is 5.27. The highest BCUT2D eigenvalue weighted by molar-refractivity contribution is 5.75. The Kier molecular flexibility index (Phi) is 1.01. The van der Waals surface area contributed by atoms with Crippen LogP contribution in [0, 0.1) is 0 Å². The first-order chi connectivity index (χ1) is 4.36. The second kappa shape index (κ2) is 1.72. The summed E-state index contributed by atoms with van der Waals surface area (Å²) in [5.41, 5.74) is 0.